The van der Waals surface area contributed by atoms with Gasteiger partial charge in [0.2, 0.25) is 0 Å². The van der Waals surface area contributed by atoms with Crippen LogP contribution in [-0.2, 0) is 19.6 Å². The van der Waals surface area contributed by atoms with E-state index in [4.69, 9.17) is 10.5 Å². The minimum Gasteiger partial charge on any atom is -0.452 e. The van der Waals surface area contributed by atoms with E-state index in [2.05, 4.69) is 5.32 Å². The number of nitrogens with two attached hydrogens (primary N) is 1. The highest BCUT2D eigenvalue weighted by Crippen LogP contribution is 2.24. The third kappa shape index (κ3) is 5.57. The number of nitrogens with one attached hydrogen (secondary N) is 1. The number of anilines is 2. The molecular formula is C22H21N3O6S2. The molecule has 11 heteroatoms. The summed E-state index contributed by atoms with van der Waals surface area (Å²) in [6.07, 6.45) is 0. The molecule has 0 saturated carbocycles. The largest absolute Gasteiger partial charge is 0.452 e. The molecule has 3 N–H and O–H groups in total. The fourth-order valence-corrected chi connectivity index (χ4v) is 5.30. The molecule has 172 valence electrons. The first kappa shape index (κ1) is 24.0. The molecule has 0 aliphatic rings. The van der Waals surface area contributed by atoms with E-state index in [1.54, 1.807) is 42.6 Å². The molecule has 0 saturated heterocycles. The molecule has 0 atom stereocenters. The molecule has 1 aromatic heterocycles. The van der Waals surface area contributed by atoms with Gasteiger partial charge in [0.15, 0.2) is 6.61 Å². The Morgan fingerprint density at radius 1 is 1.06 bits per heavy atom. The fraction of sp³-hybridized carbons (Fsp3) is 0.136. The van der Waals surface area contributed by atoms with Crippen LogP contribution < -0.4 is 15.4 Å². The Bertz CT molecular complexity index is 1270. The lowest BCUT2D eigenvalue weighted by Crippen LogP contribution is -2.30. The molecule has 2 aromatic carbocycles. The highest BCUT2D eigenvalue weighted by molar-refractivity contribution is 7.92. The van der Waals surface area contributed by atoms with Crippen molar-refractivity contribution in [2.45, 2.75) is 11.8 Å². The number of primary amides is 1. The van der Waals surface area contributed by atoms with Gasteiger partial charge in [-0.3, -0.25) is 13.9 Å². The zero-order valence-electron chi connectivity index (χ0n) is 17.6. The Balaban J connectivity index is 1.71. The van der Waals surface area contributed by atoms with Crippen molar-refractivity contribution in [1.29, 1.82) is 0 Å². The predicted octanol–water partition coefficient (Wildman–Crippen LogP) is 2.86. The number of hydrogen-bond donors (Lipinski definition) is 2. The molecule has 33 heavy (non-hydrogen) atoms. The molecule has 0 aliphatic carbocycles. The molecule has 1 heterocycles. The molecule has 0 spiro atoms. The van der Waals surface area contributed by atoms with Crippen molar-refractivity contribution >= 4 is 49.8 Å². The summed E-state index contributed by atoms with van der Waals surface area (Å²) in [5, 5.41) is 4.29. The number of sulfonamides is 1. The van der Waals surface area contributed by atoms with Crippen LogP contribution in [0.2, 0.25) is 0 Å². The average molecular weight is 488 g/mol. The Labute approximate surface area is 194 Å². The van der Waals surface area contributed by atoms with Gasteiger partial charge in [0, 0.05) is 6.54 Å². The van der Waals surface area contributed by atoms with Gasteiger partial charge in [-0.05, 0) is 48.7 Å². The number of carbonyl (C=O) groups excluding carboxylic acids is 3. The van der Waals surface area contributed by atoms with Gasteiger partial charge < -0.3 is 15.8 Å². The summed E-state index contributed by atoms with van der Waals surface area (Å²) in [5.74, 6) is -2.23. The number of carbonyl (C=O) groups is 3. The maximum absolute atomic E-state index is 13.1. The van der Waals surface area contributed by atoms with Crippen molar-refractivity contribution in [3.63, 3.8) is 0 Å². The summed E-state index contributed by atoms with van der Waals surface area (Å²) in [4.78, 5) is 35.8. The predicted molar refractivity (Wildman–Crippen MR) is 125 cm³/mol. The second-order valence-corrected chi connectivity index (χ2v) is 9.46. The first-order valence-electron chi connectivity index (χ1n) is 9.76. The molecule has 0 fully saturated rings. The normalized spacial score (nSPS) is 10.9. The summed E-state index contributed by atoms with van der Waals surface area (Å²) in [6, 6.07) is 15.5. The molecule has 0 aliphatic heterocycles. The van der Waals surface area contributed by atoms with Gasteiger partial charge in [-0.25, -0.2) is 13.2 Å². The Hall–Kier alpha value is -3.70. The third-order valence-electron chi connectivity index (χ3n) is 4.51. The van der Waals surface area contributed by atoms with Crippen molar-refractivity contribution < 1.29 is 27.5 Å². The lowest BCUT2D eigenvalue weighted by molar-refractivity contribution is -0.119. The van der Waals surface area contributed by atoms with Crippen molar-refractivity contribution in [2.75, 3.05) is 22.8 Å². The molecule has 9 nitrogen and oxygen atoms in total. The molecular weight excluding hydrogens is 466 g/mol. The Morgan fingerprint density at radius 3 is 2.45 bits per heavy atom. The van der Waals surface area contributed by atoms with Gasteiger partial charge in [-0.2, -0.15) is 0 Å². The van der Waals surface area contributed by atoms with Gasteiger partial charge >= 0.3 is 5.97 Å². The number of thiophene rings is 1. The van der Waals surface area contributed by atoms with Gasteiger partial charge in [0.1, 0.15) is 5.00 Å². The van der Waals surface area contributed by atoms with E-state index >= 15 is 0 Å². The summed E-state index contributed by atoms with van der Waals surface area (Å²) < 4.78 is 32.5. The number of amides is 2. The topological polar surface area (TPSA) is 136 Å². The van der Waals surface area contributed by atoms with Gasteiger partial charge in [0.05, 0.1) is 21.7 Å². The van der Waals surface area contributed by atoms with Crippen molar-refractivity contribution in [3.05, 3.63) is 77.2 Å². The summed E-state index contributed by atoms with van der Waals surface area (Å²) in [6.45, 7) is 1.27. The number of benzene rings is 2. The van der Waals surface area contributed by atoms with Gasteiger partial charge in [-0.1, -0.05) is 24.3 Å². The number of para-hydroxylation sites is 1. The third-order valence-corrected chi connectivity index (χ3v) is 7.24. The molecule has 0 bridgehead atoms. The number of hydrogen-bond acceptors (Lipinski definition) is 7. The quantitative estimate of drug-likeness (QED) is 0.446. The molecule has 0 radical (unpaired) electrons. The van der Waals surface area contributed by atoms with E-state index in [0.717, 1.165) is 11.3 Å². The summed E-state index contributed by atoms with van der Waals surface area (Å²) in [7, 11) is -3.93. The van der Waals surface area contributed by atoms with E-state index in [0.29, 0.717) is 5.69 Å². The van der Waals surface area contributed by atoms with Crippen LogP contribution in [0.4, 0.5) is 10.7 Å². The van der Waals surface area contributed by atoms with Gasteiger partial charge in [-0.15, -0.1) is 11.3 Å². The number of rotatable bonds is 9. The first-order valence-corrected chi connectivity index (χ1v) is 12.1. The van der Waals surface area contributed by atoms with E-state index in [1.165, 1.54) is 34.6 Å². The van der Waals surface area contributed by atoms with Crippen molar-refractivity contribution in [2.24, 2.45) is 5.73 Å². The van der Waals surface area contributed by atoms with E-state index in [-0.39, 0.29) is 27.6 Å². The SMILES string of the molecule is CCN(c1ccccc1)S(=O)(=O)c1cccc(C(=O)OCC(=O)Nc2sccc2C(N)=O)c1. The molecule has 2 amide bonds. The lowest BCUT2D eigenvalue weighted by atomic mass is 10.2. The average Bonchev–Trinajstić information content (AvgIpc) is 3.27. The maximum Gasteiger partial charge on any atom is 0.338 e. The number of nitrogens with zero attached hydrogens (tertiary/aromatic N) is 1. The Morgan fingerprint density at radius 2 is 1.79 bits per heavy atom. The second kappa shape index (κ2) is 10.3. The van der Waals surface area contributed by atoms with Crippen LogP contribution in [0, 0.1) is 0 Å². The minimum atomic E-state index is -3.93. The molecule has 0 unspecified atom stereocenters. The zero-order chi connectivity index (χ0) is 24.0. The number of esters is 1. The van der Waals surface area contributed by atoms with Crippen LogP contribution >= 0.6 is 11.3 Å². The van der Waals surface area contributed by atoms with Crippen LogP contribution in [0.5, 0.6) is 0 Å². The van der Waals surface area contributed by atoms with E-state index in [1.807, 2.05) is 0 Å². The molecule has 3 rings (SSSR count). The fourth-order valence-electron chi connectivity index (χ4n) is 2.97. The van der Waals surface area contributed by atoms with Crippen molar-refractivity contribution in [3.8, 4) is 0 Å². The van der Waals surface area contributed by atoms with E-state index in [9.17, 15) is 22.8 Å². The monoisotopic (exact) mass is 487 g/mol. The van der Waals surface area contributed by atoms with Crippen LogP contribution in [-0.4, -0.2) is 39.4 Å². The van der Waals surface area contributed by atoms with Gasteiger partial charge in [0.25, 0.3) is 21.8 Å². The standard InChI is InChI=1S/C22H21N3O6S2/c1-2-25(16-8-4-3-5-9-16)33(29,30)17-10-6-7-15(13-17)22(28)31-14-19(26)24-21-18(20(23)27)11-12-32-21/h3-13H,2,14H2,1H3,(H2,23,27)(H,24,26). The maximum atomic E-state index is 13.1. The highest BCUT2D eigenvalue weighted by atomic mass is 32.2. The number of ether oxygens (including phenoxy) is 1. The van der Waals surface area contributed by atoms with E-state index < -0.39 is 34.4 Å². The summed E-state index contributed by atoms with van der Waals surface area (Å²) in [5.41, 5.74) is 5.85. The van der Waals surface area contributed by atoms with Crippen LogP contribution in [0.3, 0.4) is 0 Å². The van der Waals surface area contributed by atoms with Crippen LogP contribution in [0.15, 0.2) is 70.9 Å². The smallest absolute Gasteiger partial charge is 0.338 e. The highest BCUT2D eigenvalue weighted by Gasteiger charge is 2.25. The Kier molecular flexibility index (Phi) is 7.46. The van der Waals surface area contributed by atoms with Crippen molar-refractivity contribution in [1.82, 2.24) is 0 Å². The lowest BCUT2D eigenvalue weighted by Gasteiger charge is -2.23. The van der Waals surface area contributed by atoms with Crippen LogP contribution in [0.1, 0.15) is 27.6 Å². The second-order valence-electron chi connectivity index (χ2n) is 6.69. The van der Waals surface area contributed by atoms with Crippen LogP contribution in [0.25, 0.3) is 0 Å². The minimum absolute atomic E-state index is 0.0260. The first-order chi connectivity index (χ1) is 15.7. The summed E-state index contributed by atoms with van der Waals surface area (Å²) >= 11 is 1.10. The zero-order valence-corrected chi connectivity index (χ0v) is 19.2. The molecule has 3 aromatic rings.